The van der Waals surface area contributed by atoms with E-state index in [1.165, 1.54) is 6.20 Å². The summed E-state index contributed by atoms with van der Waals surface area (Å²) in [5.41, 5.74) is 6.92. The summed E-state index contributed by atoms with van der Waals surface area (Å²) < 4.78 is 5.50. The highest BCUT2D eigenvalue weighted by atomic mass is 16.6. The van der Waals surface area contributed by atoms with Gasteiger partial charge in [0.05, 0.1) is 23.3 Å². The van der Waals surface area contributed by atoms with Crippen molar-refractivity contribution in [2.75, 3.05) is 12.3 Å². The molecule has 0 aliphatic heterocycles. The zero-order valence-electron chi connectivity index (χ0n) is 11.9. The molecular formula is C15H17N3O3. The van der Waals surface area contributed by atoms with E-state index in [-0.39, 0.29) is 17.4 Å². The average Bonchev–Trinajstić information content (AvgIpc) is 2.48. The fourth-order valence-corrected chi connectivity index (χ4v) is 2.30. The monoisotopic (exact) mass is 287 g/mol. The Morgan fingerprint density at radius 1 is 1.38 bits per heavy atom. The standard InChI is InChI=1S/C15H17N3O3/c1-3-21-12-9-17-15(16)14(18(19)20)13(12)10(2)11-7-5-4-6-8-11/h4-10H,3H2,1-2H3,(H2,16,17). The van der Waals surface area contributed by atoms with E-state index in [4.69, 9.17) is 10.5 Å². The number of anilines is 1. The Labute approximate surface area is 122 Å². The van der Waals surface area contributed by atoms with Gasteiger partial charge < -0.3 is 10.5 Å². The van der Waals surface area contributed by atoms with Gasteiger partial charge in [-0.3, -0.25) is 10.1 Å². The molecule has 1 unspecified atom stereocenters. The summed E-state index contributed by atoms with van der Waals surface area (Å²) in [4.78, 5) is 14.7. The normalized spacial score (nSPS) is 11.9. The first-order valence-electron chi connectivity index (χ1n) is 6.66. The number of nitro groups is 1. The Bertz CT molecular complexity index is 644. The van der Waals surface area contributed by atoms with Gasteiger partial charge in [-0.15, -0.1) is 0 Å². The molecule has 21 heavy (non-hydrogen) atoms. The minimum absolute atomic E-state index is 0.0961. The van der Waals surface area contributed by atoms with Crippen LogP contribution < -0.4 is 10.5 Å². The number of aromatic nitrogens is 1. The molecule has 2 N–H and O–H groups in total. The Balaban J connectivity index is 2.63. The Morgan fingerprint density at radius 3 is 2.62 bits per heavy atom. The van der Waals surface area contributed by atoms with Crippen molar-refractivity contribution in [2.45, 2.75) is 19.8 Å². The zero-order chi connectivity index (χ0) is 15.4. The molecule has 2 rings (SSSR count). The van der Waals surface area contributed by atoms with E-state index in [9.17, 15) is 10.1 Å². The molecule has 110 valence electrons. The average molecular weight is 287 g/mol. The summed E-state index contributed by atoms with van der Waals surface area (Å²) in [6.45, 7) is 4.11. The van der Waals surface area contributed by atoms with Gasteiger partial charge in [0.2, 0.25) is 5.82 Å². The first kappa shape index (κ1) is 14.8. The molecule has 1 heterocycles. The maximum absolute atomic E-state index is 11.4. The van der Waals surface area contributed by atoms with E-state index < -0.39 is 4.92 Å². The molecule has 0 saturated carbocycles. The second kappa shape index (κ2) is 6.21. The predicted octanol–water partition coefficient (Wildman–Crippen LogP) is 3.12. The van der Waals surface area contributed by atoms with Crippen molar-refractivity contribution in [3.63, 3.8) is 0 Å². The van der Waals surface area contributed by atoms with Crippen LogP contribution in [0, 0.1) is 10.1 Å². The highest BCUT2D eigenvalue weighted by Crippen LogP contribution is 2.40. The highest BCUT2D eigenvalue weighted by molar-refractivity contribution is 5.64. The van der Waals surface area contributed by atoms with Crippen molar-refractivity contribution in [3.8, 4) is 5.75 Å². The van der Waals surface area contributed by atoms with Crippen molar-refractivity contribution in [1.82, 2.24) is 4.98 Å². The molecule has 6 heteroatoms. The lowest BCUT2D eigenvalue weighted by molar-refractivity contribution is -0.385. The minimum Gasteiger partial charge on any atom is -0.492 e. The molecule has 0 aliphatic carbocycles. The quantitative estimate of drug-likeness (QED) is 0.673. The van der Waals surface area contributed by atoms with Crippen LogP contribution in [0.1, 0.15) is 30.9 Å². The largest absolute Gasteiger partial charge is 0.492 e. The number of hydrogen-bond donors (Lipinski definition) is 1. The van der Waals surface area contributed by atoms with Crippen LogP contribution in [0.3, 0.4) is 0 Å². The molecule has 1 aromatic heterocycles. The van der Waals surface area contributed by atoms with Crippen LogP contribution in [0.2, 0.25) is 0 Å². The molecule has 0 bridgehead atoms. The number of nitrogens with zero attached hydrogens (tertiary/aromatic N) is 2. The van der Waals surface area contributed by atoms with Crippen LogP contribution in [0.25, 0.3) is 0 Å². The van der Waals surface area contributed by atoms with Gasteiger partial charge in [0.15, 0.2) is 0 Å². The smallest absolute Gasteiger partial charge is 0.318 e. The fourth-order valence-electron chi connectivity index (χ4n) is 2.30. The lowest BCUT2D eigenvalue weighted by Crippen LogP contribution is -2.09. The SMILES string of the molecule is CCOc1cnc(N)c([N+](=O)[O-])c1C(C)c1ccccc1. The van der Waals surface area contributed by atoms with Crippen LogP contribution in [0.4, 0.5) is 11.5 Å². The molecule has 0 amide bonds. The van der Waals surface area contributed by atoms with E-state index >= 15 is 0 Å². The topological polar surface area (TPSA) is 91.3 Å². The molecule has 2 aromatic rings. The van der Waals surface area contributed by atoms with Crippen LogP contribution >= 0.6 is 0 Å². The lowest BCUT2D eigenvalue weighted by atomic mass is 9.92. The molecule has 1 aromatic carbocycles. The van der Waals surface area contributed by atoms with Crippen molar-refractivity contribution in [3.05, 3.63) is 57.8 Å². The highest BCUT2D eigenvalue weighted by Gasteiger charge is 2.28. The second-order valence-electron chi connectivity index (χ2n) is 4.59. The van der Waals surface area contributed by atoms with Crippen molar-refractivity contribution in [1.29, 1.82) is 0 Å². The number of nitrogen functional groups attached to an aromatic ring is 1. The third-order valence-corrected chi connectivity index (χ3v) is 3.30. The van der Waals surface area contributed by atoms with E-state index in [2.05, 4.69) is 4.98 Å². The van der Waals surface area contributed by atoms with Gasteiger partial charge in [-0.2, -0.15) is 0 Å². The number of hydrogen-bond acceptors (Lipinski definition) is 5. The first-order valence-corrected chi connectivity index (χ1v) is 6.66. The number of ether oxygens (including phenoxy) is 1. The van der Waals surface area contributed by atoms with E-state index in [1.807, 2.05) is 44.2 Å². The lowest BCUT2D eigenvalue weighted by Gasteiger charge is -2.17. The predicted molar refractivity (Wildman–Crippen MR) is 80.4 cm³/mol. The van der Waals surface area contributed by atoms with Crippen molar-refractivity contribution < 1.29 is 9.66 Å². The van der Waals surface area contributed by atoms with Gasteiger partial charge >= 0.3 is 5.69 Å². The molecule has 6 nitrogen and oxygen atoms in total. The van der Waals surface area contributed by atoms with E-state index in [1.54, 1.807) is 0 Å². The number of benzene rings is 1. The van der Waals surface area contributed by atoms with Crippen molar-refractivity contribution >= 4 is 11.5 Å². The van der Waals surface area contributed by atoms with Crippen LogP contribution in [0.5, 0.6) is 5.75 Å². The van der Waals surface area contributed by atoms with E-state index in [0.29, 0.717) is 17.9 Å². The molecule has 1 atom stereocenters. The summed E-state index contributed by atoms with van der Waals surface area (Å²) in [5, 5.41) is 11.4. The van der Waals surface area contributed by atoms with Crippen LogP contribution in [0.15, 0.2) is 36.5 Å². The van der Waals surface area contributed by atoms with Gasteiger partial charge in [-0.25, -0.2) is 4.98 Å². The Morgan fingerprint density at radius 2 is 2.05 bits per heavy atom. The van der Waals surface area contributed by atoms with Crippen LogP contribution in [-0.4, -0.2) is 16.5 Å². The zero-order valence-corrected chi connectivity index (χ0v) is 11.9. The first-order chi connectivity index (χ1) is 10.1. The summed E-state index contributed by atoms with van der Waals surface area (Å²) in [6.07, 6.45) is 1.45. The van der Waals surface area contributed by atoms with Gasteiger partial charge in [0.1, 0.15) is 5.75 Å². The van der Waals surface area contributed by atoms with Crippen molar-refractivity contribution in [2.24, 2.45) is 0 Å². The summed E-state index contributed by atoms with van der Waals surface area (Å²) in [7, 11) is 0. The van der Waals surface area contributed by atoms with Gasteiger partial charge in [0.25, 0.3) is 0 Å². The second-order valence-corrected chi connectivity index (χ2v) is 4.59. The van der Waals surface area contributed by atoms with Gasteiger partial charge in [-0.05, 0) is 12.5 Å². The Kier molecular flexibility index (Phi) is 4.37. The van der Waals surface area contributed by atoms with E-state index in [0.717, 1.165) is 5.56 Å². The molecule has 0 spiro atoms. The molecule has 0 fully saturated rings. The number of pyridine rings is 1. The molecular weight excluding hydrogens is 270 g/mol. The summed E-state index contributed by atoms with van der Waals surface area (Å²) in [6, 6.07) is 9.52. The number of nitrogens with two attached hydrogens (primary N) is 1. The third-order valence-electron chi connectivity index (χ3n) is 3.30. The maximum Gasteiger partial charge on any atom is 0.318 e. The molecule has 0 radical (unpaired) electrons. The fraction of sp³-hybridized carbons (Fsp3) is 0.267. The maximum atomic E-state index is 11.4. The summed E-state index contributed by atoms with van der Waals surface area (Å²) >= 11 is 0. The third kappa shape index (κ3) is 2.94. The summed E-state index contributed by atoms with van der Waals surface area (Å²) in [5.74, 6) is 0.0782. The Hall–Kier alpha value is -2.63. The van der Waals surface area contributed by atoms with Crippen LogP contribution in [-0.2, 0) is 0 Å². The molecule has 0 aliphatic rings. The minimum atomic E-state index is -0.500. The van der Waals surface area contributed by atoms with Gasteiger partial charge in [0, 0.05) is 5.92 Å². The molecule has 0 saturated heterocycles. The van der Waals surface area contributed by atoms with Gasteiger partial charge in [-0.1, -0.05) is 37.3 Å². The number of rotatable bonds is 5.